The highest BCUT2D eigenvalue weighted by Gasteiger charge is 2.17. The third-order valence-electron chi connectivity index (χ3n) is 4.14. The summed E-state index contributed by atoms with van der Waals surface area (Å²) in [6, 6.07) is 13.5. The minimum Gasteiger partial charge on any atom is -0.374 e. The molecule has 1 aromatic heterocycles. The van der Waals surface area contributed by atoms with Gasteiger partial charge in [-0.3, -0.25) is 9.78 Å². The van der Waals surface area contributed by atoms with Crippen LogP contribution in [0.2, 0.25) is 0 Å². The Labute approximate surface area is 149 Å². The molecular formula is C20H24N4O. The Bertz CT molecular complexity index is 720. The predicted molar refractivity (Wildman–Crippen MR) is 99.0 cm³/mol. The van der Waals surface area contributed by atoms with Gasteiger partial charge in [0.2, 0.25) is 5.91 Å². The number of pyridine rings is 1. The van der Waals surface area contributed by atoms with Gasteiger partial charge in [-0.15, -0.1) is 0 Å². The van der Waals surface area contributed by atoms with Crippen LogP contribution in [-0.4, -0.2) is 35.4 Å². The molecule has 25 heavy (non-hydrogen) atoms. The van der Waals surface area contributed by atoms with Crippen LogP contribution in [0.3, 0.4) is 0 Å². The Morgan fingerprint density at radius 2 is 1.80 bits per heavy atom. The zero-order valence-electron chi connectivity index (χ0n) is 15.0. The summed E-state index contributed by atoms with van der Waals surface area (Å²) in [6.07, 6.45) is 3.95. The Balaban J connectivity index is 1.96. The summed E-state index contributed by atoms with van der Waals surface area (Å²) in [7, 11) is 1.98. The SMILES string of the molecule is CC(C)N(Cc1ccc(C#N)cc1)C(=O)CCN(C)c1ccncc1. The minimum atomic E-state index is 0.120. The summed E-state index contributed by atoms with van der Waals surface area (Å²) in [6.45, 7) is 5.25. The monoisotopic (exact) mass is 336 g/mol. The predicted octanol–water partition coefficient (Wildman–Crippen LogP) is 3.22. The van der Waals surface area contributed by atoms with Crippen LogP contribution in [-0.2, 0) is 11.3 Å². The fraction of sp³-hybridized carbons (Fsp3) is 0.350. The van der Waals surface area contributed by atoms with Crippen molar-refractivity contribution in [2.24, 2.45) is 0 Å². The van der Waals surface area contributed by atoms with Crippen molar-refractivity contribution in [3.05, 3.63) is 59.9 Å². The molecule has 0 radical (unpaired) electrons. The lowest BCUT2D eigenvalue weighted by Gasteiger charge is -2.28. The first-order valence-corrected chi connectivity index (χ1v) is 8.41. The number of carbonyl (C=O) groups is 1. The van der Waals surface area contributed by atoms with Gasteiger partial charge in [-0.25, -0.2) is 0 Å². The van der Waals surface area contributed by atoms with Crippen molar-refractivity contribution in [3.8, 4) is 6.07 Å². The highest BCUT2D eigenvalue weighted by atomic mass is 16.2. The van der Waals surface area contributed by atoms with E-state index in [0.717, 1.165) is 11.3 Å². The third-order valence-corrected chi connectivity index (χ3v) is 4.14. The Morgan fingerprint density at radius 3 is 2.36 bits per heavy atom. The van der Waals surface area contributed by atoms with Gasteiger partial charge in [-0.2, -0.15) is 5.26 Å². The fourth-order valence-electron chi connectivity index (χ4n) is 2.57. The van der Waals surface area contributed by atoms with Crippen LogP contribution in [0.1, 0.15) is 31.4 Å². The smallest absolute Gasteiger partial charge is 0.224 e. The van der Waals surface area contributed by atoms with Crippen molar-refractivity contribution >= 4 is 11.6 Å². The van der Waals surface area contributed by atoms with Crippen molar-refractivity contribution in [1.29, 1.82) is 5.26 Å². The first kappa shape index (κ1) is 18.5. The van der Waals surface area contributed by atoms with Crippen LogP contribution < -0.4 is 4.90 Å². The van der Waals surface area contributed by atoms with E-state index in [2.05, 4.69) is 16.0 Å². The van der Waals surface area contributed by atoms with Crippen molar-refractivity contribution in [3.63, 3.8) is 0 Å². The van der Waals surface area contributed by atoms with Crippen molar-refractivity contribution in [1.82, 2.24) is 9.88 Å². The average Bonchev–Trinajstić information content (AvgIpc) is 2.64. The van der Waals surface area contributed by atoms with E-state index in [9.17, 15) is 4.79 Å². The van der Waals surface area contributed by atoms with Gasteiger partial charge in [0.1, 0.15) is 0 Å². The maximum atomic E-state index is 12.7. The van der Waals surface area contributed by atoms with Gasteiger partial charge < -0.3 is 9.80 Å². The summed E-state index contributed by atoms with van der Waals surface area (Å²) >= 11 is 0. The van der Waals surface area contributed by atoms with Gasteiger partial charge >= 0.3 is 0 Å². The molecule has 5 heteroatoms. The van der Waals surface area contributed by atoms with Gasteiger partial charge in [0.05, 0.1) is 11.6 Å². The molecule has 1 aromatic carbocycles. The number of benzene rings is 1. The second kappa shape index (κ2) is 8.84. The van der Waals surface area contributed by atoms with E-state index in [1.807, 2.05) is 50.1 Å². The van der Waals surface area contributed by atoms with E-state index < -0.39 is 0 Å². The normalized spacial score (nSPS) is 10.4. The summed E-state index contributed by atoms with van der Waals surface area (Å²) in [5.41, 5.74) is 2.71. The molecule has 0 spiro atoms. The Kier molecular flexibility index (Phi) is 6.53. The van der Waals surface area contributed by atoms with Crippen LogP contribution in [0, 0.1) is 11.3 Å². The molecule has 0 atom stereocenters. The van der Waals surface area contributed by atoms with Crippen LogP contribution in [0.25, 0.3) is 0 Å². The van der Waals surface area contributed by atoms with E-state index >= 15 is 0 Å². The number of hydrogen-bond donors (Lipinski definition) is 0. The first-order valence-electron chi connectivity index (χ1n) is 8.41. The second-order valence-electron chi connectivity index (χ2n) is 6.30. The molecule has 2 aromatic rings. The lowest BCUT2D eigenvalue weighted by atomic mass is 10.1. The molecular weight excluding hydrogens is 312 g/mol. The van der Waals surface area contributed by atoms with E-state index in [4.69, 9.17) is 5.26 Å². The molecule has 0 unspecified atom stereocenters. The van der Waals surface area contributed by atoms with Crippen LogP contribution in [0.5, 0.6) is 0 Å². The maximum Gasteiger partial charge on any atom is 0.224 e. The topological polar surface area (TPSA) is 60.2 Å². The molecule has 0 saturated heterocycles. The van der Waals surface area contributed by atoms with Gasteiger partial charge in [-0.1, -0.05) is 12.1 Å². The molecule has 0 fully saturated rings. The summed E-state index contributed by atoms with van der Waals surface area (Å²) in [4.78, 5) is 20.6. The summed E-state index contributed by atoms with van der Waals surface area (Å²) in [5, 5.41) is 8.88. The maximum absolute atomic E-state index is 12.7. The van der Waals surface area contributed by atoms with Crippen LogP contribution >= 0.6 is 0 Å². The van der Waals surface area contributed by atoms with E-state index in [1.165, 1.54) is 0 Å². The van der Waals surface area contributed by atoms with Crippen molar-refractivity contribution in [2.45, 2.75) is 32.9 Å². The minimum absolute atomic E-state index is 0.120. The second-order valence-corrected chi connectivity index (χ2v) is 6.30. The van der Waals surface area contributed by atoms with Gasteiger partial charge in [0.15, 0.2) is 0 Å². The molecule has 1 heterocycles. The van der Waals surface area contributed by atoms with Gasteiger partial charge in [-0.05, 0) is 43.7 Å². The zero-order chi connectivity index (χ0) is 18.2. The number of anilines is 1. The number of hydrogen-bond acceptors (Lipinski definition) is 4. The first-order chi connectivity index (χ1) is 12.0. The Morgan fingerprint density at radius 1 is 1.16 bits per heavy atom. The Hall–Kier alpha value is -2.87. The lowest BCUT2D eigenvalue weighted by molar-refractivity contribution is -0.133. The average molecular weight is 336 g/mol. The van der Waals surface area contributed by atoms with E-state index in [1.54, 1.807) is 24.5 Å². The fourth-order valence-corrected chi connectivity index (χ4v) is 2.57. The highest BCUT2D eigenvalue weighted by molar-refractivity contribution is 5.77. The number of carbonyl (C=O) groups excluding carboxylic acids is 1. The molecule has 5 nitrogen and oxygen atoms in total. The number of rotatable bonds is 7. The molecule has 1 amide bonds. The molecule has 0 N–H and O–H groups in total. The molecule has 130 valence electrons. The number of nitriles is 1. The van der Waals surface area contributed by atoms with Crippen molar-refractivity contribution in [2.75, 3.05) is 18.5 Å². The molecule has 0 saturated carbocycles. The van der Waals surface area contributed by atoms with Gasteiger partial charge in [0.25, 0.3) is 0 Å². The van der Waals surface area contributed by atoms with Crippen LogP contribution in [0.4, 0.5) is 5.69 Å². The molecule has 0 bridgehead atoms. The summed E-state index contributed by atoms with van der Waals surface area (Å²) in [5.74, 6) is 0.125. The lowest BCUT2D eigenvalue weighted by Crippen LogP contribution is -2.38. The zero-order valence-corrected chi connectivity index (χ0v) is 15.0. The molecule has 0 aliphatic carbocycles. The molecule has 2 rings (SSSR count). The van der Waals surface area contributed by atoms with Crippen molar-refractivity contribution < 1.29 is 4.79 Å². The van der Waals surface area contributed by atoms with E-state index in [0.29, 0.717) is 25.1 Å². The number of amides is 1. The largest absolute Gasteiger partial charge is 0.374 e. The standard InChI is InChI=1S/C20H24N4O/c1-16(2)24(15-18-6-4-17(14-21)5-7-18)20(25)10-13-23(3)19-8-11-22-12-9-19/h4-9,11-12,16H,10,13,15H2,1-3H3. The quantitative estimate of drug-likeness (QED) is 0.779. The summed E-state index contributed by atoms with van der Waals surface area (Å²) < 4.78 is 0. The van der Waals surface area contributed by atoms with Crippen LogP contribution in [0.15, 0.2) is 48.8 Å². The molecule has 0 aliphatic rings. The highest BCUT2D eigenvalue weighted by Crippen LogP contribution is 2.14. The number of aromatic nitrogens is 1. The van der Waals surface area contributed by atoms with E-state index in [-0.39, 0.29) is 11.9 Å². The van der Waals surface area contributed by atoms with Gasteiger partial charge in [0, 0.05) is 50.7 Å². The number of nitrogens with zero attached hydrogens (tertiary/aromatic N) is 4. The third kappa shape index (κ3) is 5.32. The molecule has 0 aliphatic heterocycles.